The quantitative estimate of drug-likeness (QED) is 0.821. The molecule has 0 aromatic rings. The Labute approximate surface area is 106 Å². The van der Waals surface area contributed by atoms with Gasteiger partial charge in [-0.2, -0.15) is 0 Å². The van der Waals surface area contributed by atoms with Gasteiger partial charge in [-0.25, -0.2) is 0 Å². The van der Waals surface area contributed by atoms with Crippen LogP contribution in [0, 0.1) is 0 Å². The number of likely N-dealkylation sites (tertiary alicyclic amines) is 1. The number of hydrogen-bond donors (Lipinski definition) is 1. The van der Waals surface area contributed by atoms with Gasteiger partial charge in [0.2, 0.25) is 0 Å². The topological polar surface area (TPSA) is 38.5 Å². The van der Waals surface area contributed by atoms with Gasteiger partial charge >= 0.3 is 0 Å². The molecule has 0 aromatic heterocycles. The molecule has 2 N–H and O–H groups in total. The van der Waals surface area contributed by atoms with Gasteiger partial charge in [0.05, 0.1) is 6.10 Å². The first-order valence-corrected chi connectivity index (χ1v) is 7.21. The molecule has 2 aliphatic rings. The fourth-order valence-electron chi connectivity index (χ4n) is 3.78. The van der Waals surface area contributed by atoms with Gasteiger partial charge in [-0.05, 0) is 52.0 Å². The maximum atomic E-state index is 6.14. The van der Waals surface area contributed by atoms with Crippen molar-refractivity contribution in [2.45, 2.75) is 69.6 Å². The van der Waals surface area contributed by atoms with E-state index in [1.165, 1.54) is 51.5 Å². The summed E-state index contributed by atoms with van der Waals surface area (Å²) in [6.45, 7) is 4.43. The maximum absolute atomic E-state index is 6.14. The average molecular weight is 240 g/mol. The number of piperidine rings is 1. The summed E-state index contributed by atoms with van der Waals surface area (Å²) in [4.78, 5) is 2.71. The molecule has 1 saturated heterocycles. The average Bonchev–Trinajstić information content (AvgIpc) is 2.39. The minimum absolute atomic E-state index is 0.273. The highest BCUT2D eigenvalue weighted by Gasteiger charge is 2.41. The molecule has 2 rings (SSSR count). The molecule has 0 spiro atoms. The van der Waals surface area contributed by atoms with Crippen LogP contribution in [0.5, 0.6) is 0 Å². The Bertz CT molecular complexity index is 236. The zero-order valence-corrected chi connectivity index (χ0v) is 11.5. The highest BCUT2D eigenvalue weighted by molar-refractivity contribution is 4.98. The number of methoxy groups -OCH3 is 1. The minimum Gasteiger partial charge on any atom is -0.381 e. The second-order valence-corrected chi connectivity index (χ2v) is 5.90. The van der Waals surface area contributed by atoms with E-state index in [0.717, 1.165) is 6.54 Å². The van der Waals surface area contributed by atoms with Crippen LogP contribution in [-0.4, -0.2) is 42.8 Å². The largest absolute Gasteiger partial charge is 0.381 e. The number of nitrogens with zero attached hydrogens (tertiary/aromatic N) is 1. The van der Waals surface area contributed by atoms with E-state index in [-0.39, 0.29) is 5.54 Å². The first-order valence-electron chi connectivity index (χ1n) is 7.21. The van der Waals surface area contributed by atoms with Gasteiger partial charge in [0.25, 0.3) is 0 Å². The van der Waals surface area contributed by atoms with Crippen LogP contribution in [0.3, 0.4) is 0 Å². The number of hydrogen-bond acceptors (Lipinski definition) is 3. The van der Waals surface area contributed by atoms with E-state index in [2.05, 4.69) is 11.8 Å². The predicted molar refractivity (Wildman–Crippen MR) is 71.1 cm³/mol. The Kier molecular flexibility index (Phi) is 4.45. The van der Waals surface area contributed by atoms with Crippen molar-refractivity contribution in [3.8, 4) is 0 Å². The van der Waals surface area contributed by atoms with Crippen LogP contribution < -0.4 is 5.73 Å². The Morgan fingerprint density at radius 2 is 1.94 bits per heavy atom. The smallest absolute Gasteiger partial charge is 0.0572 e. The molecule has 0 radical (unpaired) electrons. The van der Waals surface area contributed by atoms with E-state index < -0.39 is 0 Å². The van der Waals surface area contributed by atoms with Crippen molar-refractivity contribution < 1.29 is 4.74 Å². The van der Waals surface area contributed by atoms with E-state index in [0.29, 0.717) is 12.1 Å². The molecule has 1 aliphatic carbocycles. The summed E-state index contributed by atoms with van der Waals surface area (Å²) < 4.78 is 5.48. The van der Waals surface area contributed by atoms with E-state index in [9.17, 15) is 0 Å². The molecule has 1 atom stereocenters. The molecule has 3 nitrogen and oxygen atoms in total. The standard InChI is InChI=1S/C14H28N2O/c1-12-5-3-4-10-16(12)14(11-15)8-6-13(17-2)7-9-14/h12-13H,3-11,15H2,1-2H3. The second kappa shape index (κ2) is 5.68. The molecule has 1 heterocycles. The highest BCUT2D eigenvalue weighted by atomic mass is 16.5. The molecule has 2 fully saturated rings. The van der Waals surface area contributed by atoms with Crippen molar-refractivity contribution in [3.63, 3.8) is 0 Å². The third-order valence-electron chi connectivity index (χ3n) is 4.99. The summed E-state index contributed by atoms with van der Waals surface area (Å²) in [7, 11) is 1.84. The number of ether oxygens (including phenoxy) is 1. The molecule has 3 heteroatoms. The highest BCUT2D eigenvalue weighted by Crippen LogP contribution is 2.37. The summed E-state index contributed by atoms with van der Waals surface area (Å²) in [5, 5.41) is 0. The lowest BCUT2D eigenvalue weighted by Crippen LogP contribution is -2.60. The van der Waals surface area contributed by atoms with Crippen molar-refractivity contribution in [1.82, 2.24) is 4.90 Å². The molecule has 0 aromatic carbocycles. The first kappa shape index (κ1) is 13.3. The monoisotopic (exact) mass is 240 g/mol. The zero-order chi connectivity index (χ0) is 12.3. The van der Waals surface area contributed by atoms with Crippen LogP contribution in [-0.2, 0) is 4.74 Å². The Balaban J connectivity index is 2.03. The van der Waals surface area contributed by atoms with Crippen LogP contribution in [0.25, 0.3) is 0 Å². The summed E-state index contributed by atoms with van der Waals surface area (Å²) in [6.07, 6.45) is 9.33. The number of nitrogens with two attached hydrogens (primary N) is 1. The SMILES string of the molecule is COC1CCC(CN)(N2CCCCC2C)CC1. The first-order chi connectivity index (χ1) is 8.22. The van der Waals surface area contributed by atoms with Gasteiger partial charge < -0.3 is 10.5 Å². The van der Waals surface area contributed by atoms with E-state index in [1.807, 2.05) is 7.11 Å². The molecule has 1 aliphatic heterocycles. The Morgan fingerprint density at radius 3 is 2.47 bits per heavy atom. The van der Waals surface area contributed by atoms with Gasteiger partial charge in [0.1, 0.15) is 0 Å². The molecular formula is C14H28N2O. The van der Waals surface area contributed by atoms with E-state index >= 15 is 0 Å². The van der Waals surface area contributed by atoms with Gasteiger partial charge in [-0.1, -0.05) is 6.42 Å². The van der Waals surface area contributed by atoms with Crippen LogP contribution in [0.15, 0.2) is 0 Å². The van der Waals surface area contributed by atoms with Crippen LogP contribution in [0.1, 0.15) is 51.9 Å². The molecule has 0 amide bonds. The molecule has 17 heavy (non-hydrogen) atoms. The van der Waals surface area contributed by atoms with Crippen molar-refractivity contribution in [1.29, 1.82) is 0 Å². The van der Waals surface area contributed by atoms with Crippen LogP contribution >= 0.6 is 0 Å². The third kappa shape index (κ3) is 2.67. The zero-order valence-electron chi connectivity index (χ0n) is 11.5. The fourth-order valence-corrected chi connectivity index (χ4v) is 3.78. The van der Waals surface area contributed by atoms with Crippen LogP contribution in [0.2, 0.25) is 0 Å². The molecule has 0 bridgehead atoms. The van der Waals surface area contributed by atoms with E-state index in [1.54, 1.807) is 0 Å². The van der Waals surface area contributed by atoms with Gasteiger partial charge in [-0.15, -0.1) is 0 Å². The molecular weight excluding hydrogens is 212 g/mol. The Morgan fingerprint density at radius 1 is 1.24 bits per heavy atom. The third-order valence-corrected chi connectivity index (χ3v) is 4.99. The van der Waals surface area contributed by atoms with Gasteiger partial charge in [0.15, 0.2) is 0 Å². The summed E-state index contributed by atoms with van der Waals surface area (Å²) in [6, 6.07) is 0.714. The number of rotatable bonds is 3. The van der Waals surface area contributed by atoms with E-state index in [4.69, 9.17) is 10.5 Å². The van der Waals surface area contributed by atoms with Crippen molar-refractivity contribution in [3.05, 3.63) is 0 Å². The lowest BCUT2D eigenvalue weighted by atomic mass is 9.77. The fraction of sp³-hybridized carbons (Fsp3) is 1.00. The lowest BCUT2D eigenvalue weighted by molar-refractivity contribution is -0.0343. The van der Waals surface area contributed by atoms with Gasteiger partial charge in [0, 0.05) is 25.2 Å². The van der Waals surface area contributed by atoms with Crippen LogP contribution in [0.4, 0.5) is 0 Å². The Hall–Kier alpha value is -0.120. The molecule has 1 saturated carbocycles. The molecule has 1 unspecified atom stereocenters. The summed E-state index contributed by atoms with van der Waals surface area (Å²) in [5.41, 5.74) is 6.41. The van der Waals surface area contributed by atoms with Gasteiger partial charge in [-0.3, -0.25) is 4.90 Å². The van der Waals surface area contributed by atoms with Crippen molar-refractivity contribution >= 4 is 0 Å². The predicted octanol–water partition coefficient (Wildman–Crippen LogP) is 2.15. The van der Waals surface area contributed by atoms with Crippen molar-refractivity contribution in [2.24, 2.45) is 5.73 Å². The lowest BCUT2D eigenvalue weighted by Gasteiger charge is -2.51. The normalized spacial score (nSPS) is 40.4. The van der Waals surface area contributed by atoms with Crippen molar-refractivity contribution in [2.75, 3.05) is 20.2 Å². The maximum Gasteiger partial charge on any atom is 0.0572 e. The molecule has 100 valence electrons. The summed E-state index contributed by atoms with van der Waals surface area (Å²) in [5.74, 6) is 0. The summed E-state index contributed by atoms with van der Waals surface area (Å²) >= 11 is 0. The second-order valence-electron chi connectivity index (χ2n) is 5.90. The minimum atomic E-state index is 0.273.